The van der Waals surface area contributed by atoms with Crippen molar-refractivity contribution in [2.24, 2.45) is 0 Å². The van der Waals surface area contributed by atoms with Gasteiger partial charge in [0, 0.05) is 19.7 Å². The van der Waals surface area contributed by atoms with Gasteiger partial charge < -0.3 is 23.7 Å². The minimum absolute atomic E-state index is 0.177. The minimum atomic E-state index is -4.32. The molecule has 4 aromatic rings. The second-order valence-corrected chi connectivity index (χ2v) is 12.4. The molecule has 0 bridgehead atoms. The van der Waals surface area contributed by atoms with Crippen LogP contribution in [0.3, 0.4) is 0 Å². The number of sulfonamides is 1. The van der Waals surface area contributed by atoms with Crippen LogP contribution >= 0.6 is 0 Å². The fraction of sp³-hybridized carbons (Fsp3) is 0.294. The van der Waals surface area contributed by atoms with Crippen LogP contribution in [0.2, 0.25) is 0 Å². The topological polar surface area (TPSA) is 135 Å². The highest BCUT2D eigenvalue weighted by Gasteiger charge is 2.49. The highest BCUT2D eigenvalue weighted by atomic mass is 32.2. The van der Waals surface area contributed by atoms with Crippen molar-refractivity contribution < 1.29 is 37.0 Å². The van der Waals surface area contributed by atoms with E-state index in [2.05, 4.69) is 4.72 Å². The molecule has 1 N–H and O–H groups in total. The number of para-hydroxylation sites is 1. The van der Waals surface area contributed by atoms with Gasteiger partial charge in [-0.15, -0.1) is 0 Å². The Balaban J connectivity index is 1.45. The number of nitrogens with zero attached hydrogens (tertiary/aromatic N) is 1. The first kappa shape index (κ1) is 33.4. The lowest BCUT2D eigenvalue weighted by atomic mass is 9.97. The Morgan fingerprint density at radius 2 is 1.15 bits per heavy atom. The Hall–Kier alpha value is -4.01. The van der Waals surface area contributed by atoms with Crippen LogP contribution in [0.15, 0.2) is 120 Å². The first-order chi connectivity index (χ1) is 22.4. The fourth-order valence-corrected chi connectivity index (χ4v) is 6.42. The van der Waals surface area contributed by atoms with Crippen LogP contribution in [0.5, 0.6) is 0 Å². The number of methoxy groups -OCH3 is 1. The second-order valence-electron chi connectivity index (χ2n) is 10.6. The van der Waals surface area contributed by atoms with Crippen LogP contribution in [0.25, 0.3) is 0 Å². The normalized spacial score (nSPS) is 21.5. The maximum Gasteiger partial charge on any atom is 0.289 e. The Morgan fingerprint density at radius 3 is 1.65 bits per heavy atom. The molecule has 1 aliphatic rings. The van der Waals surface area contributed by atoms with E-state index in [9.17, 15) is 18.5 Å². The van der Waals surface area contributed by atoms with Gasteiger partial charge in [-0.1, -0.05) is 103 Å². The first-order valence-electron chi connectivity index (χ1n) is 14.7. The number of ether oxygens (including phenoxy) is 5. The summed E-state index contributed by atoms with van der Waals surface area (Å²) in [4.78, 5) is 10.4. The highest BCUT2D eigenvalue weighted by Crippen LogP contribution is 2.31. The van der Waals surface area contributed by atoms with Crippen molar-refractivity contribution in [3.8, 4) is 0 Å². The van der Waals surface area contributed by atoms with Crippen LogP contribution in [0.1, 0.15) is 16.7 Å². The Labute approximate surface area is 268 Å². The van der Waals surface area contributed by atoms with Gasteiger partial charge in [0.05, 0.1) is 24.7 Å². The molecule has 5 rings (SSSR count). The molecule has 46 heavy (non-hydrogen) atoms. The average molecular weight is 649 g/mol. The number of rotatable bonds is 15. The lowest BCUT2D eigenvalue weighted by Crippen LogP contribution is -2.62. The summed E-state index contributed by atoms with van der Waals surface area (Å²) in [6, 6.07) is 33.9. The summed E-state index contributed by atoms with van der Waals surface area (Å²) in [5.41, 5.74) is 2.20. The van der Waals surface area contributed by atoms with Gasteiger partial charge in [0.15, 0.2) is 11.2 Å². The Kier molecular flexibility index (Phi) is 11.6. The molecule has 0 radical (unpaired) electrons. The summed E-state index contributed by atoms with van der Waals surface area (Å²) >= 11 is 0. The van der Waals surface area contributed by atoms with Crippen LogP contribution in [-0.2, 0) is 53.5 Å². The molecule has 12 heteroatoms. The number of benzene rings is 4. The van der Waals surface area contributed by atoms with Gasteiger partial charge in [-0.05, 0) is 22.8 Å². The summed E-state index contributed by atoms with van der Waals surface area (Å²) in [7, 11) is -2.85. The van der Waals surface area contributed by atoms with Crippen LogP contribution < -0.4 is 4.72 Å². The molecule has 0 aliphatic carbocycles. The third-order valence-electron chi connectivity index (χ3n) is 7.51. The number of hydrogen-bond acceptors (Lipinski definition) is 9. The Bertz CT molecular complexity index is 1640. The summed E-state index contributed by atoms with van der Waals surface area (Å²) in [5, 5.41) is 11.6. The van der Waals surface area contributed by atoms with Crippen LogP contribution in [-0.4, -0.2) is 57.7 Å². The zero-order valence-corrected chi connectivity index (χ0v) is 26.0. The molecule has 1 heterocycles. The molecule has 11 nitrogen and oxygen atoms in total. The van der Waals surface area contributed by atoms with Gasteiger partial charge in [0.1, 0.15) is 24.4 Å². The fourth-order valence-electron chi connectivity index (χ4n) is 5.20. The lowest BCUT2D eigenvalue weighted by molar-refractivity contribution is -0.387. The lowest BCUT2D eigenvalue weighted by Gasteiger charge is -2.45. The number of nitrogens with one attached hydrogen (secondary N) is 1. The largest absolute Gasteiger partial charge is 0.368 e. The number of nitro groups is 1. The van der Waals surface area contributed by atoms with E-state index in [1.165, 1.54) is 25.3 Å². The van der Waals surface area contributed by atoms with Crippen molar-refractivity contribution in [1.82, 2.24) is 4.72 Å². The number of nitro benzene ring substituents is 1. The van der Waals surface area contributed by atoms with E-state index in [-0.39, 0.29) is 26.4 Å². The van der Waals surface area contributed by atoms with Gasteiger partial charge in [-0.2, -0.15) is 0 Å². The van der Waals surface area contributed by atoms with E-state index >= 15 is 0 Å². The van der Waals surface area contributed by atoms with E-state index in [0.717, 1.165) is 22.8 Å². The molecular weight excluding hydrogens is 612 g/mol. The summed E-state index contributed by atoms with van der Waals surface area (Å²) < 4.78 is 60.6. The van der Waals surface area contributed by atoms with Gasteiger partial charge in [-0.3, -0.25) is 10.1 Å². The van der Waals surface area contributed by atoms with Gasteiger partial charge >= 0.3 is 0 Å². The zero-order valence-electron chi connectivity index (χ0n) is 25.2. The molecule has 5 atom stereocenters. The summed E-state index contributed by atoms with van der Waals surface area (Å²) in [6.45, 7) is 0.341. The van der Waals surface area contributed by atoms with E-state index in [1.54, 1.807) is 0 Å². The van der Waals surface area contributed by atoms with Crippen molar-refractivity contribution in [3.63, 3.8) is 0 Å². The van der Waals surface area contributed by atoms with Crippen LogP contribution in [0, 0.1) is 10.1 Å². The van der Waals surface area contributed by atoms with Crippen molar-refractivity contribution in [3.05, 3.63) is 142 Å². The van der Waals surface area contributed by atoms with E-state index in [4.69, 9.17) is 23.7 Å². The molecule has 1 saturated heterocycles. The van der Waals surface area contributed by atoms with Crippen molar-refractivity contribution in [1.29, 1.82) is 0 Å². The van der Waals surface area contributed by atoms with Crippen LogP contribution in [0.4, 0.5) is 5.69 Å². The predicted octanol–water partition coefficient (Wildman–Crippen LogP) is 5.00. The Morgan fingerprint density at radius 1 is 0.696 bits per heavy atom. The van der Waals surface area contributed by atoms with Gasteiger partial charge in [0.25, 0.3) is 5.69 Å². The molecular formula is C34H36N2O9S. The van der Waals surface area contributed by atoms with E-state index in [0.29, 0.717) is 0 Å². The van der Waals surface area contributed by atoms with E-state index in [1.807, 2.05) is 91.0 Å². The molecule has 0 unspecified atom stereocenters. The minimum Gasteiger partial charge on any atom is -0.368 e. The van der Waals surface area contributed by atoms with Gasteiger partial charge in [0.2, 0.25) is 10.0 Å². The molecule has 1 aliphatic heterocycles. The standard InChI is InChI=1S/C34H36N2O9S/c1-41-34-33(44-24-27-17-9-4-10-18-27)32(43-23-26-15-7-3-8-16-26)31(42-22-25-13-5-2-6-14-25)29(45-34)21-35-46(39,40)30-20-12-11-19-28(30)36(37)38/h2-20,29,31-35H,21-24H2,1H3/t29-,31-,32+,33-,34+/m1/s1. The molecule has 4 aromatic carbocycles. The molecule has 0 amide bonds. The molecule has 1 fully saturated rings. The molecule has 242 valence electrons. The molecule has 0 spiro atoms. The summed E-state index contributed by atoms with van der Waals surface area (Å²) in [6.07, 6.45) is -4.26. The van der Waals surface area contributed by atoms with Gasteiger partial charge in [-0.25, -0.2) is 13.1 Å². The van der Waals surface area contributed by atoms with E-state index < -0.39 is 56.2 Å². The maximum absolute atomic E-state index is 13.4. The number of hydrogen-bond donors (Lipinski definition) is 1. The van der Waals surface area contributed by atoms with Crippen molar-refractivity contribution in [2.75, 3.05) is 13.7 Å². The van der Waals surface area contributed by atoms with Crippen molar-refractivity contribution >= 4 is 15.7 Å². The molecule has 0 saturated carbocycles. The third kappa shape index (κ3) is 8.62. The van der Waals surface area contributed by atoms with Crippen molar-refractivity contribution in [2.45, 2.75) is 55.4 Å². The average Bonchev–Trinajstić information content (AvgIpc) is 3.09. The quantitative estimate of drug-likeness (QED) is 0.140. The zero-order chi connectivity index (χ0) is 32.4. The highest BCUT2D eigenvalue weighted by molar-refractivity contribution is 7.89. The first-order valence-corrected chi connectivity index (χ1v) is 16.2. The SMILES string of the molecule is CO[C@H]1O[C@H](CNS(=O)(=O)c2ccccc2[N+](=O)[O-])[C@@H](OCc2ccccc2)[C@H](OCc2ccccc2)[C@H]1OCc1ccccc1. The maximum atomic E-state index is 13.4. The predicted molar refractivity (Wildman–Crippen MR) is 169 cm³/mol. The second kappa shape index (κ2) is 16.0. The monoisotopic (exact) mass is 648 g/mol. The smallest absolute Gasteiger partial charge is 0.289 e. The summed E-state index contributed by atoms with van der Waals surface area (Å²) in [5.74, 6) is 0. The molecule has 0 aromatic heterocycles. The third-order valence-corrected chi connectivity index (χ3v) is 8.98.